The molecule has 1 unspecified atom stereocenters. The van der Waals surface area contributed by atoms with Gasteiger partial charge in [-0.3, -0.25) is 14.5 Å². The van der Waals surface area contributed by atoms with Gasteiger partial charge >= 0.3 is 6.18 Å². The van der Waals surface area contributed by atoms with Crippen molar-refractivity contribution in [3.63, 3.8) is 0 Å². The number of aromatic nitrogens is 1. The zero-order valence-electron chi connectivity index (χ0n) is 16.3. The molecule has 2 aliphatic heterocycles. The molecule has 0 radical (unpaired) electrons. The second-order valence-electron chi connectivity index (χ2n) is 7.45. The number of benzene rings is 1. The van der Waals surface area contributed by atoms with E-state index in [9.17, 15) is 22.8 Å². The number of thiazole rings is 1. The first-order valence-electron chi connectivity index (χ1n) is 9.74. The van der Waals surface area contributed by atoms with E-state index in [0.29, 0.717) is 5.13 Å². The Morgan fingerprint density at radius 2 is 2.17 bits per heavy atom. The first kappa shape index (κ1) is 20.8. The van der Waals surface area contributed by atoms with E-state index in [1.807, 2.05) is 0 Å². The minimum absolute atomic E-state index is 0.0423. The molecule has 6 nitrogen and oxygen atoms in total. The van der Waals surface area contributed by atoms with Crippen LogP contribution in [0, 0.1) is 5.92 Å². The predicted molar refractivity (Wildman–Crippen MR) is 107 cm³/mol. The van der Waals surface area contributed by atoms with Crippen molar-refractivity contribution >= 4 is 34.0 Å². The number of anilines is 2. The average molecular weight is 438 g/mol. The molecule has 1 N–H and O–H groups in total. The molecule has 4 rings (SSSR count). The van der Waals surface area contributed by atoms with Crippen LogP contribution in [-0.2, 0) is 28.7 Å². The van der Waals surface area contributed by atoms with E-state index in [0.717, 1.165) is 48.8 Å². The van der Waals surface area contributed by atoms with E-state index in [2.05, 4.69) is 22.1 Å². The van der Waals surface area contributed by atoms with Crippen molar-refractivity contribution < 1.29 is 22.8 Å². The summed E-state index contributed by atoms with van der Waals surface area (Å²) >= 11 is 1.44. The number of nitrogens with zero attached hydrogens (tertiary/aromatic N) is 3. The van der Waals surface area contributed by atoms with Crippen LogP contribution in [0.15, 0.2) is 24.3 Å². The summed E-state index contributed by atoms with van der Waals surface area (Å²) in [5, 5.41) is 3.30. The first-order chi connectivity index (χ1) is 14.2. The molecule has 1 saturated heterocycles. The van der Waals surface area contributed by atoms with Gasteiger partial charge in [-0.15, -0.1) is 11.3 Å². The lowest BCUT2D eigenvalue weighted by Gasteiger charge is -2.23. The lowest BCUT2D eigenvalue weighted by atomic mass is 10.1. The highest BCUT2D eigenvalue weighted by atomic mass is 32.1. The third-order valence-electron chi connectivity index (χ3n) is 5.47. The van der Waals surface area contributed by atoms with Crippen molar-refractivity contribution in [1.82, 2.24) is 9.88 Å². The third-order valence-corrected chi connectivity index (χ3v) is 6.47. The number of likely N-dealkylation sites (N-methyl/N-ethyl adjacent to an activating group) is 1. The highest BCUT2D eigenvalue weighted by Gasteiger charge is 2.37. The van der Waals surface area contributed by atoms with Crippen molar-refractivity contribution in [2.75, 3.05) is 29.9 Å². The number of halogens is 3. The molecule has 10 heteroatoms. The van der Waals surface area contributed by atoms with E-state index in [1.165, 1.54) is 28.4 Å². The third kappa shape index (κ3) is 4.20. The largest absolute Gasteiger partial charge is 0.416 e. The Labute approximate surface area is 175 Å². The molecule has 2 aromatic rings. The van der Waals surface area contributed by atoms with E-state index in [1.54, 1.807) is 0 Å². The normalized spacial score (nSPS) is 19.8. The lowest BCUT2D eigenvalue weighted by Crippen LogP contribution is -2.29. The van der Waals surface area contributed by atoms with E-state index in [-0.39, 0.29) is 30.5 Å². The van der Waals surface area contributed by atoms with E-state index in [4.69, 9.17) is 0 Å². The summed E-state index contributed by atoms with van der Waals surface area (Å²) in [6, 6.07) is 4.60. The second kappa shape index (κ2) is 7.99. The molecule has 0 bridgehead atoms. The van der Waals surface area contributed by atoms with Gasteiger partial charge in [0.15, 0.2) is 5.13 Å². The van der Waals surface area contributed by atoms with Gasteiger partial charge in [0.1, 0.15) is 0 Å². The summed E-state index contributed by atoms with van der Waals surface area (Å²) in [6.07, 6.45) is -3.70. The number of amides is 2. The monoisotopic (exact) mass is 438 g/mol. The van der Waals surface area contributed by atoms with Crippen LogP contribution >= 0.6 is 11.3 Å². The van der Waals surface area contributed by atoms with Crippen LogP contribution in [0.2, 0.25) is 0 Å². The predicted octanol–water partition coefficient (Wildman–Crippen LogP) is 3.53. The Balaban J connectivity index is 1.43. The van der Waals surface area contributed by atoms with Crippen LogP contribution in [0.1, 0.15) is 29.5 Å². The maximum Gasteiger partial charge on any atom is 0.416 e. The molecule has 1 atom stereocenters. The van der Waals surface area contributed by atoms with Crippen LogP contribution in [0.5, 0.6) is 0 Å². The fourth-order valence-corrected chi connectivity index (χ4v) is 4.82. The second-order valence-corrected chi connectivity index (χ2v) is 8.53. The maximum atomic E-state index is 13.0. The highest BCUT2D eigenvalue weighted by Crippen LogP contribution is 2.34. The molecule has 0 aliphatic carbocycles. The Hall–Kier alpha value is -2.46. The van der Waals surface area contributed by atoms with Gasteiger partial charge in [-0.1, -0.05) is 13.0 Å². The molecule has 0 saturated carbocycles. The number of fused-ring (bicyclic) bond motifs is 1. The van der Waals surface area contributed by atoms with E-state index >= 15 is 0 Å². The van der Waals surface area contributed by atoms with Crippen molar-refractivity contribution in [2.45, 2.75) is 32.5 Å². The molecule has 3 heterocycles. The number of nitrogens with one attached hydrogen (secondary N) is 1. The lowest BCUT2D eigenvalue weighted by molar-refractivity contribution is -0.137. The molecule has 1 aromatic carbocycles. The number of rotatable bonds is 4. The van der Waals surface area contributed by atoms with Crippen LogP contribution in [0.25, 0.3) is 0 Å². The van der Waals surface area contributed by atoms with Gasteiger partial charge < -0.3 is 10.2 Å². The maximum absolute atomic E-state index is 13.0. The molecule has 30 heavy (non-hydrogen) atoms. The number of hydrogen-bond donors (Lipinski definition) is 1. The van der Waals surface area contributed by atoms with Crippen molar-refractivity contribution in [1.29, 1.82) is 0 Å². The van der Waals surface area contributed by atoms with Gasteiger partial charge in [-0.25, -0.2) is 4.98 Å². The number of hydrogen-bond acceptors (Lipinski definition) is 5. The molecular formula is C20H21F3N4O2S. The van der Waals surface area contributed by atoms with Gasteiger partial charge in [-0.05, 0) is 24.7 Å². The topological polar surface area (TPSA) is 65.5 Å². The molecular weight excluding hydrogens is 417 g/mol. The minimum atomic E-state index is -4.49. The summed E-state index contributed by atoms with van der Waals surface area (Å²) in [7, 11) is 0. The van der Waals surface area contributed by atoms with Crippen LogP contribution in [0.4, 0.5) is 24.0 Å². The highest BCUT2D eigenvalue weighted by molar-refractivity contribution is 7.15. The fraction of sp³-hybridized carbons (Fsp3) is 0.450. The number of alkyl halides is 3. The Bertz CT molecular complexity index is 975. The first-order valence-corrected chi connectivity index (χ1v) is 10.6. The average Bonchev–Trinajstić information content (AvgIpc) is 3.29. The SMILES string of the molecule is CCN1CCc2nc(NC(=O)C3CC(=O)N(c4cccc(C(F)(F)F)c4)C3)sc2C1. The molecule has 1 aromatic heterocycles. The number of carbonyl (C=O) groups is 2. The summed E-state index contributed by atoms with van der Waals surface area (Å²) in [6.45, 7) is 4.84. The van der Waals surface area contributed by atoms with Gasteiger partial charge in [0.2, 0.25) is 11.8 Å². The Morgan fingerprint density at radius 1 is 1.37 bits per heavy atom. The van der Waals surface area contributed by atoms with Gasteiger partial charge in [0.05, 0.1) is 17.2 Å². The summed E-state index contributed by atoms with van der Waals surface area (Å²) < 4.78 is 38.9. The summed E-state index contributed by atoms with van der Waals surface area (Å²) in [4.78, 5) is 34.2. The molecule has 0 spiro atoms. The number of carbonyl (C=O) groups excluding carboxylic acids is 2. The van der Waals surface area contributed by atoms with Gasteiger partial charge in [-0.2, -0.15) is 13.2 Å². The minimum Gasteiger partial charge on any atom is -0.312 e. The standard InChI is InChI=1S/C20H21F3N4O2S/c1-2-26-7-6-15-16(11-26)30-19(24-15)25-18(29)12-8-17(28)27(10-12)14-5-3-4-13(9-14)20(21,22)23/h3-5,9,12H,2,6-8,10-11H2,1H3,(H,24,25,29). The summed E-state index contributed by atoms with van der Waals surface area (Å²) in [5.74, 6) is -1.34. The zero-order valence-corrected chi connectivity index (χ0v) is 17.1. The Kier molecular flexibility index (Phi) is 5.54. The van der Waals surface area contributed by atoms with Crippen molar-refractivity contribution in [3.8, 4) is 0 Å². The summed E-state index contributed by atoms with van der Waals surface area (Å²) in [5.41, 5.74) is 0.317. The van der Waals surface area contributed by atoms with E-state index < -0.39 is 17.7 Å². The Morgan fingerprint density at radius 3 is 2.90 bits per heavy atom. The zero-order chi connectivity index (χ0) is 21.5. The van der Waals surface area contributed by atoms with Gasteiger partial charge in [0.25, 0.3) is 0 Å². The molecule has 2 aliphatic rings. The van der Waals surface area contributed by atoms with Crippen LogP contribution in [0.3, 0.4) is 0 Å². The van der Waals surface area contributed by atoms with Crippen LogP contribution < -0.4 is 10.2 Å². The fourth-order valence-electron chi connectivity index (χ4n) is 3.76. The molecule has 2 amide bonds. The quantitative estimate of drug-likeness (QED) is 0.793. The van der Waals surface area contributed by atoms with Gasteiger partial charge in [0, 0.05) is 43.0 Å². The molecule has 160 valence electrons. The molecule has 1 fully saturated rings. The van der Waals surface area contributed by atoms with Crippen LogP contribution in [-0.4, -0.2) is 41.3 Å². The van der Waals surface area contributed by atoms with Crippen molar-refractivity contribution in [2.24, 2.45) is 5.92 Å². The smallest absolute Gasteiger partial charge is 0.312 e. The van der Waals surface area contributed by atoms with Crippen molar-refractivity contribution in [3.05, 3.63) is 40.4 Å².